The second-order valence-corrected chi connectivity index (χ2v) is 6.88. The van der Waals surface area contributed by atoms with Gasteiger partial charge < -0.3 is 25.0 Å². The van der Waals surface area contributed by atoms with Crippen LogP contribution in [0.1, 0.15) is 11.1 Å². The Bertz CT molecular complexity index is 630. The van der Waals surface area contributed by atoms with Crippen molar-refractivity contribution in [3.05, 3.63) is 35.4 Å². The van der Waals surface area contributed by atoms with Gasteiger partial charge in [0, 0.05) is 47.4 Å². The molecule has 0 aromatic heterocycles. The van der Waals surface area contributed by atoms with Gasteiger partial charge in [0.05, 0.1) is 32.9 Å². The van der Waals surface area contributed by atoms with Crippen molar-refractivity contribution in [3.8, 4) is 0 Å². The molecular formula is C20H33N5O3. The monoisotopic (exact) mass is 391 g/mol. The van der Waals surface area contributed by atoms with Gasteiger partial charge >= 0.3 is 0 Å². The second kappa shape index (κ2) is 12.3. The largest absolute Gasteiger partial charge is 0.383 e. The molecule has 1 fully saturated rings. The van der Waals surface area contributed by atoms with Crippen LogP contribution in [-0.2, 0) is 27.4 Å². The molecule has 2 rings (SSSR count). The summed E-state index contributed by atoms with van der Waals surface area (Å²) in [6.45, 7) is 6.30. The zero-order chi connectivity index (χ0) is 20.2. The minimum atomic E-state index is -0.00559. The molecule has 0 spiro atoms. The third kappa shape index (κ3) is 7.84. The van der Waals surface area contributed by atoms with Gasteiger partial charge in [0.25, 0.3) is 0 Å². The van der Waals surface area contributed by atoms with E-state index in [9.17, 15) is 4.79 Å². The molecule has 8 nitrogen and oxygen atoms in total. The van der Waals surface area contributed by atoms with Crippen molar-refractivity contribution < 1.29 is 14.3 Å². The maximum atomic E-state index is 11.9. The summed E-state index contributed by atoms with van der Waals surface area (Å²) in [5.74, 6) is 0.599. The average molecular weight is 392 g/mol. The fraction of sp³-hybridized carbons (Fsp3) is 0.600. The number of methoxy groups -OCH3 is 1. The highest BCUT2D eigenvalue weighted by atomic mass is 16.5. The predicted molar refractivity (Wildman–Crippen MR) is 110 cm³/mol. The molecular weight excluding hydrogens is 358 g/mol. The highest BCUT2D eigenvalue weighted by molar-refractivity contribution is 5.86. The molecule has 1 aliphatic rings. The van der Waals surface area contributed by atoms with Gasteiger partial charge in [-0.05, 0) is 11.1 Å². The van der Waals surface area contributed by atoms with Gasteiger partial charge in [0.2, 0.25) is 5.91 Å². The number of rotatable bonds is 9. The van der Waals surface area contributed by atoms with Gasteiger partial charge in [0.15, 0.2) is 5.96 Å². The smallest absolute Gasteiger partial charge is 0.241 e. The summed E-state index contributed by atoms with van der Waals surface area (Å²) in [5.41, 5.74) is 2.45. The van der Waals surface area contributed by atoms with Crippen molar-refractivity contribution >= 4 is 11.9 Å². The predicted octanol–water partition coefficient (Wildman–Crippen LogP) is 0.289. The van der Waals surface area contributed by atoms with Crippen LogP contribution >= 0.6 is 0 Å². The van der Waals surface area contributed by atoms with E-state index in [1.54, 1.807) is 26.1 Å². The van der Waals surface area contributed by atoms with Crippen molar-refractivity contribution in [3.63, 3.8) is 0 Å². The van der Waals surface area contributed by atoms with Crippen molar-refractivity contribution in [1.29, 1.82) is 0 Å². The molecule has 8 heteroatoms. The maximum Gasteiger partial charge on any atom is 0.241 e. The molecule has 2 N–H and O–H groups in total. The number of hydrogen-bond donors (Lipinski definition) is 2. The van der Waals surface area contributed by atoms with Crippen molar-refractivity contribution in [2.75, 3.05) is 67.2 Å². The average Bonchev–Trinajstić information content (AvgIpc) is 2.71. The molecule has 0 unspecified atom stereocenters. The van der Waals surface area contributed by atoms with Gasteiger partial charge in [-0.15, -0.1) is 0 Å². The summed E-state index contributed by atoms with van der Waals surface area (Å²) < 4.78 is 10.5. The Balaban J connectivity index is 2.01. The van der Waals surface area contributed by atoms with Gasteiger partial charge in [-0.2, -0.15) is 0 Å². The number of carbonyl (C=O) groups is 1. The number of nitrogens with zero attached hydrogens (tertiary/aromatic N) is 3. The Kier molecular flexibility index (Phi) is 9.74. The zero-order valence-corrected chi connectivity index (χ0v) is 17.2. The lowest BCUT2D eigenvalue weighted by Crippen LogP contribution is -2.43. The number of amides is 1. The Hall–Kier alpha value is -2.16. The number of ether oxygens (including phenoxy) is 2. The summed E-state index contributed by atoms with van der Waals surface area (Å²) in [5, 5.41) is 6.30. The van der Waals surface area contributed by atoms with E-state index in [0.717, 1.165) is 32.8 Å². The van der Waals surface area contributed by atoms with E-state index in [1.165, 1.54) is 11.1 Å². The summed E-state index contributed by atoms with van der Waals surface area (Å²) in [7, 11) is 5.13. The van der Waals surface area contributed by atoms with E-state index in [0.29, 0.717) is 25.7 Å². The first kappa shape index (κ1) is 22.1. The van der Waals surface area contributed by atoms with E-state index in [2.05, 4.69) is 38.7 Å². The standard InChI is InChI=1S/C20H33N5O3/c1-24(2)19(26)15-23-20(21-8-11-27-3)22-14-17-6-4-5-7-18(17)16-25-9-12-28-13-10-25/h4-7H,8-16H2,1-3H3,(H2,21,22,23). The Morgan fingerprint density at radius 1 is 1.21 bits per heavy atom. The molecule has 0 aliphatic carbocycles. The highest BCUT2D eigenvalue weighted by Gasteiger charge is 2.13. The fourth-order valence-electron chi connectivity index (χ4n) is 2.79. The molecule has 156 valence electrons. The molecule has 1 aliphatic heterocycles. The number of carbonyl (C=O) groups excluding carboxylic acids is 1. The molecule has 1 heterocycles. The van der Waals surface area contributed by atoms with Crippen LogP contribution in [0.25, 0.3) is 0 Å². The minimum absolute atomic E-state index is 0.00559. The number of nitrogens with one attached hydrogen (secondary N) is 2. The van der Waals surface area contributed by atoms with Crippen molar-refractivity contribution in [2.24, 2.45) is 4.99 Å². The van der Waals surface area contributed by atoms with Gasteiger partial charge in [-0.25, -0.2) is 4.99 Å². The molecule has 1 aromatic rings. The van der Waals surface area contributed by atoms with Crippen LogP contribution < -0.4 is 10.6 Å². The quantitative estimate of drug-likeness (QED) is 0.358. The third-order valence-corrected chi connectivity index (χ3v) is 4.53. The third-order valence-electron chi connectivity index (χ3n) is 4.53. The zero-order valence-electron chi connectivity index (χ0n) is 17.2. The minimum Gasteiger partial charge on any atom is -0.383 e. The van der Waals surface area contributed by atoms with Crippen LogP contribution in [0.5, 0.6) is 0 Å². The molecule has 1 aromatic carbocycles. The first-order valence-electron chi connectivity index (χ1n) is 9.68. The van der Waals surface area contributed by atoms with E-state index >= 15 is 0 Å². The summed E-state index contributed by atoms with van der Waals surface area (Å²) in [6, 6.07) is 8.36. The first-order chi connectivity index (χ1) is 13.6. The van der Waals surface area contributed by atoms with E-state index in [4.69, 9.17) is 9.47 Å². The highest BCUT2D eigenvalue weighted by Crippen LogP contribution is 2.14. The molecule has 1 saturated heterocycles. The number of guanidine groups is 1. The van der Waals surface area contributed by atoms with Gasteiger partial charge in [0.1, 0.15) is 0 Å². The van der Waals surface area contributed by atoms with Crippen LogP contribution in [0.4, 0.5) is 0 Å². The van der Waals surface area contributed by atoms with E-state index in [-0.39, 0.29) is 12.5 Å². The molecule has 0 bridgehead atoms. The number of hydrogen-bond acceptors (Lipinski definition) is 5. The normalized spacial score (nSPS) is 15.3. The van der Waals surface area contributed by atoms with Crippen molar-refractivity contribution in [1.82, 2.24) is 20.4 Å². The number of benzene rings is 1. The molecule has 28 heavy (non-hydrogen) atoms. The maximum absolute atomic E-state index is 11.9. The fourth-order valence-corrected chi connectivity index (χ4v) is 2.79. The SMILES string of the molecule is COCCNC(=NCc1ccccc1CN1CCOCC1)NCC(=O)N(C)C. The molecule has 0 saturated carbocycles. The number of likely N-dealkylation sites (N-methyl/N-ethyl adjacent to an activating group) is 1. The van der Waals surface area contributed by atoms with Crippen LogP contribution in [-0.4, -0.2) is 88.9 Å². The lowest BCUT2D eigenvalue weighted by molar-refractivity contribution is -0.127. The van der Waals surface area contributed by atoms with Crippen LogP contribution in [0.15, 0.2) is 29.3 Å². The Morgan fingerprint density at radius 2 is 1.93 bits per heavy atom. The summed E-state index contributed by atoms with van der Waals surface area (Å²) in [4.78, 5) is 20.5. The molecule has 0 atom stereocenters. The van der Waals surface area contributed by atoms with E-state index in [1.807, 2.05) is 6.07 Å². The van der Waals surface area contributed by atoms with Gasteiger partial charge in [-0.1, -0.05) is 24.3 Å². The summed E-state index contributed by atoms with van der Waals surface area (Å²) in [6.07, 6.45) is 0. The van der Waals surface area contributed by atoms with Gasteiger partial charge in [-0.3, -0.25) is 9.69 Å². The van der Waals surface area contributed by atoms with Crippen LogP contribution in [0.3, 0.4) is 0 Å². The van der Waals surface area contributed by atoms with E-state index < -0.39 is 0 Å². The first-order valence-corrected chi connectivity index (χ1v) is 9.68. The molecule has 1 amide bonds. The van der Waals surface area contributed by atoms with Crippen LogP contribution in [0.2, 0.25) is 0 Å². The lowest BCUT2D eigenvalue weighted by atomic mass is 10.1. The molecule has 0 radical (unpaired) electrons. The Labute approximate surface area is 167 Å². The lowest BCUT2D eigenvalue weighted by Gasteiger charge is -2.27. The number of morpholine rings is 1. The topological polar surface area (TPSA) is 78.4 Å². The Morgan fingerprint density at radius 3 is 2.61 bits per heavy atom. The van der Waals surface area contributed by atoms with Crippen LogP contribution in [0, 0.1) is 0 Å². The number of aliphatic imine (C=N–C) groups is 1. The summed E-state index contributed by atoms with van der Waals surface area (Å²) >= 11 is 0. The second-order valence-electron chi connectivity index (χ2n) is 6.88. The van der Waals surface area contributed by atoms with Crippen molar-refractivity contribution in [2.45, 2.75) is 13.1 Å².